The molecule has 0 saturated carbocycles. The molecule has 0 aromatic rings. The van der Waals surface area contributed by atoms with Crippen molar-refractivity contribution < 1.29 is 19.2 Å². The summed E-state index contributed by atoms with van der Waals surface area (Å²) in [6.07, 6.45) is 6.51. The second-order valence-corrected chi connectivity index (χ2v) is 5.28. The summed E-state index contributed by atoms with van der Waals surface area (Å²) in [6.45, 7) is 3.30. The minimum Gasteiger partial charge on any atom is -0.463 e. The van der Waals surface area contributed by atoms with Crippen LogP contribution in [0.15, 0.2) is 0 Å². The Balaban J connectivity index is 1.80. The Morgan fingerprint density at radius 3 is 2.88 bits per heavy atom. The maximum absolute atomic E-state index is 11.3. The van der Waals surface area contributed by atoms with Crippen molar-refractivity contribution in [3.05, 3.63) is 0 Å². The molecule has 4 nitrogen and oxygen atoms in total. The van der Waals surface area contributed by atoms with Gasteiger partial charge in [-0.15, -0.1) is 0 Å². The third kappa shape index (κ3) is 3.42. The number of ether oxygens (including phenoxy) is 2. The normalized spacial score (nSPS) is 32.9. The van der Waals surface area contributed by atoms with Crippen LogP contribution in [-0.4, -0.2) is 45.4 Å². The van der Waals surface area contributed by atoms with Crippen LogP contribution in [0.4, 0.5) is 0 Å². The maximum atomic E-state index is 11.3. The molecule has 0 amide bonds. The Kier molecular flexibility index (Phi) is 4.80. The lowest BCUT2D eigenvalue weighted by Gasteiger charge is -2.40. The molecule has 2 aliphatic rings. The van der Waals surface area contributed by atoms with Gasteiger partial charge in [0.05, 0.1) is 25.7 Å². The average molecular weight is 242 g/mol. The first-order valence-corrected chi connectivity index (χ1v) is 6.80. The molecule has 98 valence electrons. The van der Waals surface area contributed by atoms with Gasteiger partial charge in [0, 0.05) is 13.0 Å². The van der Waals surface area contributed by atoms with Gasteiger partial charge in [0.25, 0.3) is 0 Å². The average Bonchev–Trinajstić information content (AvgIpc) is 2.36. The van der Waals surface area contributed by atoms with Crippen molar-refractivity contribution in [3.8, 4) is 0 Å². The van der Waals surface area contributed by atoms with Gasteiger partial charge in [-0.05, 0) is 32.1 Å². The van der Waals surface area contributed by atoms with Crippen molar-refractivity contribution in [2.24, 2.45) is 5.92 Å². The fourth-order valence-corrected chi connectivity index (χ4v) is 3.34. The predicted octanol–water partition coefficient (Wildman–Crippen LogP) is 0.0234. The minimum absolute atomic E-state index is 0.0773. The summed E-state index contributed by atoms with van der Waals surface area (Å²) >= 11 is 0. The highest BCUT2D eigenvalue weighted by Gasteiger charge is 2.37. The smallest absolute Gasteiger partial charge is 0.332 e. The van der Waals surface area contributed by atoms with E-state index in [1.807, 2.05) is 0 Å². The van der Waals surface area contributed by atoms with Crippen LogP contribution >= 0.6 is 0 Å². The fourth-order valence-electron chi connectivity index (χ4n) is 3.34. The summed E-state index contributed by atoms with van der Waals surface area (Å²) in [6, 6.07) is 0.729. The predicted molar refractivity (Wildman–Crippen MR) is 63.9 cm³/mol. The standard InChI is InChI=1S/C13H23NO3/c1-16-10-13(15)17-9-11-5-4-8-14-7-3-2-6-12(11)14/h11-12H,2-10H2,1H3/p+1/t11-,12+/m1/s1. The number of piperidine rings is 2. The lowest BCUT2D eigenvalue weighted by Crippen LogP contribution is -3.18. The van der Waals surface area contributed by atoms with Crippen molar-refractivity contribution in [1.82, 2.24) is 0 Å². The minimum atomic E-state index is -0.226. The van der Waals surface area contributed by atoms with Crippen molar-refractivity contribution in [2.45, 2.75) is 38.1 Å². The van der Waals surface area contributed by atoms with E-state index in [0.29, 0.717) is 12.5 Å². The number of hydrogen-bond acceptors (Lipinski definition) is 3. The summed E-state index contributed by atoms with van der Waals surface area (Å²) in [4.78, 5) is 13.0. The molecule has 3 atom stereocenters. The van der Waals surface area contributed by atoms with Gasteiger partial charge < -0.3 is 14.4 Å². The first kappa shape index (κ1) is 12.8. The van der Waals surface area contributed by atoms with Gasteiger partial charge in [-0.2, -0.15) is 0 Å². The molecule has 2 heterocycles. The Bertz CT molecular complexity index is 255. The first-order valence-electron chi connectivity index (χ1n) is 6.80. The molecule has 0 radical (unpaired) electrons. The molecular formula is C13H24NO3+. The Morgan fingerprint density at radius 1 is 1.24 bits per heavy atom. The number of nitrogens with one attached hydrogen (secondary N) is 1. The molecule has 4 heteroatoms. The van der Waals surface area contributed by atoms with Crippen molar-refractivity contribution in [3.63, 3.8) is 0 Å². The van der Waals surface area contributed by atoms with Crippen LogP contribution in [0.3, 0.4) is 0 Å². The van der Waals surface area contributed by atoms with Crippen LogP contribution in [0.2, 0.25) is 0 Å². The zero-order valence-electron chi connectivity index (χ0n) is 10.7. The van der Waals surface area contributed by atoms with Crippen molar-refractivity contribution in [2.75, 3.05) is 33.4 Å². The maximum Gasteiger partial charge on any atom is 0.332 e. The number of esters is 1. The molecule has 2 rings (SSSR count). The lowest BCUT2D eigenvalue weighted by molar-refractivity contribution is -0.940. The zero-order valence-corrected chi connectivity index (χ0v) is 10.7. The number of hydrogen-bond donors (Lipinski definition) is 1. The van der Waals surface area contributed by atoms with Crippen LogP contribution in [0.5, 0.6) is 0 Å². The van der Waals surface area contributed by atoms with E-state index in [2.05, 4.69) is 0 Å². The molecule has 0 aromatic heterocycles. The molecule has 2 saturated heterocycles. The SMILES string of the molecule is COCC(=O)OC[C@H]1CCC[NH+]2CCCC[C@@H]12. The molecule has 2 aliphatic heterocycles. The third-order valence-corrected chi connectivity index (χ3v) is 4.15. The van der Waals surface area contributed by atoms with Gasteiger partial charge in [-0.25, -0.2) is 4.79 Å². The third-order valence-electron chi connectivity index (χ3n) is 4.15. The highest BCUT2D eigenvalue weighted by Crippen LogP contribution is 2.20. The Morgan fingerprint density at radius 2 is 2.06 bits per heavy atom. The summed E-state index contributed by atoms with van der Waals surface area (Å²) in [5.74, 6) is 0.343. The fraction of sp³-hybridized carbons (Fsp3) is 0.923. The Labute approximate surface area is 103 Å². The van der Waals surface area contributed by atoms with Gasteiger partial charge in [-0.1, -0.05) is 0 Å². The van der Waals surface area contributed by atoms with Gasteiger partial charge in [0.2, 0.25) is 0 Å². The number of methoxy groups -OCH3 is 1. The summed E-state index contributed by atoms with van der Waals surface area (Å²) in [5, 5.41) is 0. The van der Waals surface area contributed by atoms with E-state index in [1.165, 1.54) is 52.3 Å². The van der Waals surface area contributed by atoms with E-state index in [0.717, 1.165) is 6.04 Å². The summed E-state index contributed by atoms with van der Waals surface area (Å²) in [7, 11) is 1.52. The lowest BCUT2D eigenvalue weighted by atomic mass is 9.84. The molecular weight excluding hydrogens is 218 g/mol. The topological polar surface area (TPSA) is 40.0 Å². The number of quaternary nitrogens is 1. The van der Waals surface area contributed by atoms with Crippen LogP contribution in [0.1, 0.15) is 32.1 Å². The van der Waals surface area contributed by atoms with Crippen LogP contribution in [-0.2, 0) is 14.3 Å². The highest BCUT2D eigenvalue weighted by molar-refractivity contribution is 5.70. The summed E-state index contributed by atoms with van der Waals surface area (Å²) < 4.78 is 10.1. The molecule has 17 heavy (non-hydrogen) atoms. The Hall–Kier alpha value is -0.610. The van der Waals surface area contributed by atoms with Crippen molar-refractivity contribution in [1.29, 1.82) is 0 Å². The second kappa shape index (κ2) is 6.36. The van der Waals surface area contributed by atoms with Crippen LogP contribution < -0.4 is 4.90 Å². The molecule has 0 spiro atoms. The van der Waals surface area contributed by atoms with Crippen LogP contribution in [0.25, 0.3) is 0 Å². The van der Waals surface area contributed by atoms with E-state index in [4.69, 9.17) is 9.47 Å². The van der Waals surface area contributed by atoms with E-state index in [1.54, 1.807) is 4.90 Å². The highest BCUT2D eigenvalue weighted by atomic mass is 16.6. The number of carbonyl (C=O) groups is 1. The van der Waals surface area contributed by atoms with Gasteiger partial charge in [-0.3, -0.25) is 0 Å². The molecule has 0 aromatic carbocycles. The number of carbonyl (C=O) groups excluding carboxylic acids is 1. The molecule has 0 bridgehead atoms. The van der Waals surface area contributed by atoms with Crippen LogP contribution in [0, 0.1) is 5.92 Å². The van der Waals surface area contributed by atoms with E-state index in [-0.39, 0.29) is 12.6 Å². The molecule has 1 N–H and O–H groups in total. The zero-order chi connectivity index (χ0) is 12.1. The number of fused-ring (bicyclic) bond motifs is 1. The largest absolute Gasteiger partial charge is 0.463 e. The van der Waals surface area contributed by atoms with E-state index < -0.39 is 0 Å². The van der Waals surface area contributed by atoms with Gasteiger partial charge in [0.1, 0.15) is 6.61 Å². The van der Waals surface area contributed by atoms with E-state index in [9.17, 15) is 4.79 Å². The van der Waals surface area contributed by atoms with Gasteiger partial charge >= 0.3 is 5.97 Å². The molecule has 0 aliphatic carbocycles. The quantitative estimate of drug-likeness (QED) is 0.707. The van der Waals surface area contributed by atoms with Gasteiger partial charge in [0.15, 0.2) is 0 Å². The second-order valence-electron chi connectivity index (χ2n) is 5.28. The summed E-state index contributed by atoms with van der Waals surface area (Å²) in [5.41, 5.74) is 0. The molecule has 1 unspecified atom stereocenters. The monoisotopic (exact) mass is 242 g/mol. The van der Waals surface area contributed by atoms with Crippen molar-refractivity contribution >= 4 is 5.97 Å². The number of rotatable bonds is 4. The first-order chi connectivity index (χ1) is 8.31. The molecule has 2 fully saturated rings. The van der Waals surface area contributed by atoms with E-state index >= 15 is 0 Å².